The average molecular weight is 310 g/mol. The van der Waals surface area contributed by atoms with E-state index < -0.39 is 17.2 Å². The lowest BCUT2D eigenvalue weighted by Gasteiger charge is -2.04. The molecule has 0 aliphatic rings. The van der Waals surface area contributed by atoms with E-state index in [2.05, 4.69) is 21.3 Å². The first kappa shape index (κ1) is 15.1. The summed E-state index contributed by atoms with van der Waals surface area (Å²) in [5.41, 5.74) is -0.532. The number of nitrogens with one attached hydrogen (secondary N) is 1. The molecule has 0 saturated carbocycles. The maximum absolute atomic E-state index is 12.0. The maximum atomic E-state index is 12.0. The standard InChI is InChI=1S/C12H14N4O4S/c1-4-5-16-8-9(15(2)11(19)14-10(8)18)13-12(16)21-6-7(17)20-3/h4H,1,5-6H2,2-3H3,(H,14,18,19). The van der Waals surface area contributed by atoms with Crippen LogP contribution in [0.25, 0.3) is 11.2 Å². The summed E-state index contributed by atoms with van der Waals surface area (Å²) in [6, 6.07) is 0. The molecule has 0 aromatic carbocycles. The molecule has 2 heterocycles. The number of H-pyrrole nitrogens is 1. The molecule has 2 rings (SSSR count). The van der Waals surface area contributed by atoms with Crippen LogP contribution in [0, 0.1) is 0 Å². The van der Waals surface area contributed by atoms with Crippen molar-refractivity contribution in [2.24, 2.45) is 7.05 Å². The highest BCUT2D eigenvalue weighted by molar-refractivity contribution is 7.99. The van der Waals surface area contributed by atoms with Crippen molar-refractivity contribution in [3.63, 3.8) is 0 Å². The zero-order valence-electron chi connectivity index (χ0n) is 11.6. The molecule has 112 valence electrons. The van der Waals surface area contributed by atoms with Gasteiger partial charge in [-0.1, -0.05) is 17.8 Å². The number of carbonyl (C=O) groups excluding carboxylic acids is 1. The molecule has 9 heteroatoms. The lowest BCUT2D eigenvalue weighted by molar-refractivity contribution is -0.137. The summed E-state index contributed by atoms with van der Waals surface area (Å²) in [5, 5.41) is 0.446. The second-order valence-corrected chi connectivity index (χ2v) is 5.09. The second kappa shape index (κ2) is 6.00. The Kier molecular flexibility index (Phi) is 4.32. The van der Waals surface area contributed by atoms with Gasteiger partial charge in [0.1, 0.15) is 0 Å². The largest absolute Gasteiger partial charge is 0.468 e. The molecular weight excluding hydrogens is 296 g/mol. The molecular formula is C12H14N4O4S. The average Bonchev–Trinajstić information content (AvgIpc) is 2.82. The maximum Gasteiger partial charge on any atom is 0.329 e. The van der Waals surface area contributed by atoms with Gasteiger partial charge in [0.15, 0.2) is 16.3 Å². The Labute approximate surface area is 123 Å². The minimum absolute atomic E-state index is 0.0583. The van der Waals surface area contributed by atoms with Crippen molar-refractivity contribution < 1.29 is 9.53 Å². The highest BCUT2D eigenvalue weighted by Gasteiger charge is 2.17. The number of ether oxygens (including phenoxy) is 1. The van der Waals surface area contributed by atoms with Gasteiger partial charge in [-0.2, -0.15) is 0 Å². The monoisotopic (exact) mass is 310 g/mol. The zero-order valence-corrected chi connectivity index (χ0v) is 12.4. The van der Waals surface area contributed by atoms with Gasteiger partial charge in [0.2, 0.25) is 0 Å². The van der Waals surface area contributed by atoms with E-state index in [1.807, 2.05) is 0 Å². The van der Waals surface area contributed by atoms with E-state index in [4.69, 9.17) is 0 Å². The summed E-state index contributed by atoms with van der Waals surface area (Å²) in [7, 11) is 2.81. The number of aromatic amines is 1. The number of carbonyl (C=O) groups is 1. The molecule has 0 saturated heterocycles. The van der Waals surface area contributed by atoms with Crippen LogP contribution in [0.4, 0.5) is 0 Å². The number of esters is 1. The van der Waals surface area contributed by atoms with Crippen LogP contribution >= 0.6 is 11.8 Å². The fourth-order valence-corrected chi connectivity index (χ4v) is 2.64. The topological polar surface area (TPSA) is 99.0 Å². The highest BCUT2D eigenvalue weighted by atomic mass is 32.2. The van der Waals surface area contributed by atoms with Crippen molar-refractivity contribution in [3.8, 4) is 0 Å². The third kappa shape index (κ3) is 2.77. The summed E-state index contributed by atoms with van der Waals surface area (Å²) < 4.78 is 7.43. The number of thioether (sulfide) groups is 1. The van der Waals surface area contributed by atoms with Crippen molar-refractivity contribution in [1.29, 1.82) is 0 Å². The van der Waals surface area contributed by atoms with Gasteiger partial charge in [0.25, 0.3) is 5.56 Å². The Bertz CT molecular complexity index is 817. The number of aromatic nitrogens is 4. The predicted octanol–water partition coefficient (Wildman–Crippen LogP) is -0.126. The van der Waals surface area contributed by atoms with Crippen LogP contribution in [0.1, 0.15) is 0 Å². The molecule has 0 aliphatic heterocycles. The Balaban J connectivity index is 2.62. The number of fused-ring (bicyclic) bond motifs is 1. The second-order valence-electron chi connectivity index (χ2n) is 4.15. The number of rotatable bonds is 5. The Hall–Kier alpha value is -2.29. The van der Waals surface area contributed by atoms with Gasteiger partial charge < -0.3 is 9.30 Å². The van der Waals surface area contributed by atoms with Crippen LogP contribution < -0.4 is 11.2 Å². The lowest BCUT2D eigenvalue weighted by Crippen LogP contribution is -2.29. The first-order chi connectivity index (χ1) is 9.99. The Morgan fingerprint density at radius 3 is 2.86 bits per heavy atom. The van der Waals surface area contributed by atoms with Gasteiger partial charge in [0, 0.05) is 13.6 Å². The SMILES string of the molecule is C=CCn1c(SCC(=O)OC)nc2c1c(=O)[nH]c(=O)n2C. The molecule has 0 amide bonds. The minimum atomic E-state index is -0.541. The summed E-state index contributed by atoms with van der Waals surface area (Å²) >= 11 is 1.13. The van der Waals surface area contributed by atoms with Gasteiger partial charge in [-0.15, -0.1) is 6.58 Å². The summed E-state index contributed by atoms with van der Waals surface area (Å²) in [5.74, 6) is -0.344. The number of hydrogen-bond acceptors (Lipinski definition) is 6. The van der Waals surface area contributed by atoms with Gasteiger partial charge in [-0.25, -0.2) is 9.78 Å². The normalized spacial score (nSPS) is 10.8. The molecule has 21 heavy (non-hydrogen) atoms. The molecule has 0 unspecified atom stereocenters. The minimum Gasteiger partial charge on any atom is -0.468 e. The van der Waals surface area contributed by atoms with E-state index in [0.717, 1.165) is 11.8 Å². The third-order valence-electron chi connectivity index (χ3n) is 2.83. The fourth-order valence-electron chi connectivity index (χ4n) is 1.81. The van der Waals surface area contributed by atoms with Crippen LogP contribution in [0.3, 0.4) is 0 Å². The van der Waals surface area contributed by atoms with E-state index in [1.165, 1.54) is 18.7 Å². The van der Waals surface area contributed by atoms with Crippen LogP contribution in [0.2, 0.25) is 0 Å². The number of nitrogens with zero attached hydrogens (tertiary/aromatic N) is 3. The van der Waals surface area contributed by atoms with E-state index >= 15 is 0 Å². The first-order valence-electron chi connectivity index (χ1n) is 5.99. The van der Waals surface area contributed by atoms with E-state index in [-0.39, 0.29) is 16.9 Å². The Morgan fingerprint density at radius 1 is 1.52 bits per heavy atom. The lowest BCUT2D eigenvalue weighted by atomic mass is 10.5. The summed E-state index contributed by atoms with van der Waals surface area (Å²) in [4.78, 5) is 41.3. The van der Waals surface area contributed by atoms with E-state index in [9.17, 15) is 14.4 Å². The van der Waals surface area contributed by atoms with Gasteiger partial charge in [-0.3, -0.25) is 19.1 Å². The predicted molar refractivity (Wildman–Crippen MR) is 78.5 cm³/mol. The van der Waals surface area contributed by atoms with Crippen molar-refractivity contribution in [3.05, 3.63) is 33.5 Å². The van der Waals surface area contributed by atoms with Crippen molar-refractivity contribution in [2.45, 2.75) is 11.7 Å². The molecule has 1 N–H and O–H groups in total. The van der Waals surface area contributed by atoms with Crippen molar-refractivity contribution in [2.75, 3.05) is 12.9 Å². The summed E-state index contributed by atoms with van der Waals surface area (Å²) in [6.07, 6.45) is 1.61. The number of aryl methyl sites for hydroxylation is 1. The first-order valence-corrected chi connectivity index (χ1v) is 6.98. The smallest absolute Gasteiger partial charge is 0.329 e. The molecule has 8 nitrogen and oxygen atoms in total. The number of imidazole rings is 1. The van der Waals surface area contributed by atoms with E-state index in [1.54, 1.807) is 10.6 Å². The molecule has 2 aromatic rings. The highest BCUT2D eigenvalue weighted by Crippen LogP contribution is 2.21. The number of allylic oxidation sites excluding steroid dienone is 1. The molecule has 2 aromatic heterocycles. The van der Waals surface area contributed by atoms with Crippen LogP contribution in [0.15, 0.2) is 27.4 Å². The van der Waals surface area contributed by atoms with Crippen LogP contribution in [-0.2, 0) is 23.1 Å². The summed E-state index contributed by atoms with van der Waals surface area (Å²) in [6.45, 7) is 3.97. The fraction of sp³-hybridized carbons (Fsp3) is 0.333. The van der Waals surface area contributed by atoms with Crippen LogP contribution in [-0.4, -0.2) is 37.9 Å². The van der Waals surface area contributed by atoms with Crippen LogP contribution in [0.5, 0.6) is 0 Å². The molecule has 0 bridgehead atoms. The molecule has 0 radical (unpaired) electrons. The third-order valence-corrected chi connectivity index (χ3v) is 3.78. The number of methoxy groups -OCH3 is 1. The quantitative estimate of drug-likeness (QED) is 0.469. The molecule has 0 atom stereocenters. The number of hydrogen-bond donors (Lipinski definition) is 1. The van der Waals surface area contributed by atoms with Crippen molar-refractivity contribution >= 4 is 28.9 Å². The van der Waals surface area contributed by atoms with Gasteiger partial charge in [-0.05, 0) is 0 Å². The van der Waals surface area contributed by atoms with Crippen molar-refractivity contribution in [1.82, 2.24) is 19.1 Å². The molecule has 0 fully saturated rings. The van der Waals surface area contributed by atoms with Gasteiger partial charge >= 0.3 is 11.7 Å². The van der Waals surface area contributed by atoms with Gasteiger partial charge in [0.05, 0.1) is 12.9 Å². The Morgan fingerprint density at radius 2 is 2.24 bits per heavy atom. The van der Waals surface area contributed by atoms with E-state index in [0.29, 0.717) is 11.7 Å². The molecule has 0 aliphatic carbocycles. The molecule has 0 spiro atoms. The zero-order chi connectivity index (χ0) is 15.6.